The van der Waals surface area contributed by atoms with E-state index in [0.717, 1.165) is 12.8 Å². The summed E-state index contributed by atoms with van der Waals surface area (Å²) in [4.78, 5) is 11.0. The zero-order valence-corrected chi connectivity index (χ0v) is 8.52. The molecule has 0 heterocycles. The average molecular weight is 206 g/mol. The van der Waals surface area contributed by atoms with E-state index in [1.165, 1.54) is 0 Å². The molecule has 2 N–H and O–H groups in total. The van der Waals surface area contributed by atoms with Crippen molar-refractivity contribution < 1.29 is 13.2 Å². The molecule has 5 nitrogen and oxygen atoms in total. The van der Waals surface area contributed by atoms with Crippen molar-refractivity contribution in [3.63, 3.8) is 0 Å². The van der Waals surface area contributed by atoms with Crippen LogP contribution in [-0.4, -0.2) is 20.4 Å². The predicted molar refractivity (Wildman–Crippen MR) is 48.1 cm³/mol. The van der Waals surface area contributed by atoms with Gasteiger partial charge in [-0.2, -0.15) is 13.1 Å². The predicted octanol–water partition coefficient (Wildman–Crippen LogP) is -0.245. The maximum Gasteiger partial charge on any atom is 0.301 e. The Morgan fingerprint density at radius 3 is 2.31 bits per heavy atom. The monoisotopic (exact) mass is 206 g/mol. The fraction of sp³-hybridized carbons (Fsp3) is 0.857. The molecule has 1 aliphatic rings. The topological polar surface area (TPSA) is 75.3 Å². The lowest BCUT2D eigenvalue weighted by molar-refractivity contribution is -0.122. The van der Waals surface area contributed by atoms with Crippen molar-refractivity contribution >= 4 is 16.1 Å². The minimum Gasteiger partial charge on any atom is -0.274 e. The molecular formula is C7H14N2O3S. The number of carbonyl (C=O) groups is 1. The second-order valence-corrected chi connectivity index (χ2v) is 4.96. The maximum absolute atomic E-state index is 11.2. The molecule has 0 aliphatic heterocycles. The number of hydrogen-bond donors (Lipinski definition) is 2. The Morgan fingerprint density at radius 1 is 1.38 bits per heavy atom. The van der Waals surface area contributed by atoms with Crippen LogP contribution in [0.4, 0.5) is 0 Å². The fourth-order valence-corrected chi connectivity index (χ4v) is 1.93. The molecule has 1 rings (SSSR count). The fourth-order valence-electron chi connectivity index (χ4n) is 0.700. The third kappa shape index (κ3) is 3.73. The van der Waals surface area contributed by atoms with Gasteiger partial charge in [-0.1, -0.05) is 13.8 Å². The first-order valence-electron chi connectivity index (χ1n) is 4.24. The van der Waals surface area contributed by atoms with Crippen molar-refractivity contribution in [2.75, 3.05) is 0 Å². The van der Waals surface area contributed by atoms with Gasteiger partial charge in [-0.3, -0.25) is 4.79 Å². The molecule has 6 heteroatoms. The third-order valence-corrected chi connectivity index (χ3v) is 2.77. The van der Waals surface area contributed by atoms with E-state index < -0.39 is 16.1 Å². The largest absolute Gasteiger partial charge is 0.301 e. The van der Waals surface area contributed by atoms with Gasteiger partial charge >= 0.3 is 10.2 Å². The van der Waals surface area contributed by atoms with E-state index in [1.54, 1.807) is 13.8 Å². The van der Waals surface area contributed by atoms with Crippen molar-refractivity contribution in [3.05, 3.63) is 0 Å². The summed E-state index contributed by atoms with van der Waals surface area (Å²) in [6.07, 6.45) is 1.72. The Balaban J connectivity index is 2.45. The highest BCUT2D eigenvalue weighted by Gasteiger charge is 2.28. The zero-order chi connectivity index (χ0) is 10.1. The Hall–Kier alpha value is -0.620. The lowest BCUT2D eigenvalue weighted by atomic mass is 10.2. The summed E-state index contributed by atoms with van der Waals surface area (Å²) in [5.74, 6) is -0.802. The molecule has 13 heavy (non-hydrogen) atoms. The van der Waals surface area contributed by atoms with Gasteiger partial charge in [-0.25, -0.2) is 4.72 Å². The van der Waals surface area contributed by atoms with Crippen LogP contribution in [0.1, 0.15) is 26.7 Å². The SMILES string of the molecule is CC(C)C(=O)NS(=O)(=O)NC1CC1. The second-order valence-electron chi connectivity index (χ2n) is 3.52. The van der Waals surface area contributed by atoms with Gasteiger partial charge in [-0.05, 0) is 12.8 Å². The van der Waals surface area contributed by atoms with Gasteiger partial charge in [-0.15, -0.1) is 0 Å². The molecule has 0 aromatic carbocycles. The number of carbonyl (C=O) groups excluding carboxylic acids is 1. The number of amides is 1. The standard InChI is InChI=1S/C7H14N2O3S/c1-5(2)7(10)9-13(11,12)8-6-3-4-6/h5-6,8H,3-4H2,1-2H3,(H,9,10). The van der Waals surface area contributed by atoms with Crippen molar-refractivity contribution in [2.24, 2.45) is 5.92 Å². The number of nitrogens with one attached hydrogen (secondary N) is 2. The van der Waals surface area contributed by atoms with Crippen LogP contribution >= 0.6 is 0 Å². The van der Waals surface area contributed by atoms with Gasteiger partial charge < -0.3 is 0 Å². The quantitative estimate of drug-likeness (QED) is 0.666. The lowest BCUT2D eigenvalue weighted by Crippen LogP contribution is -2.42. The summed E-state index contributed by atoms with van der Waals surface area (Å²) < 4.78 is 26.6. The lowest BCUT2D eigenvalue weighted by Gasteiger charge is -2.08. The highest BCUT2D eigenvalue weighted by Crippen LogP contribution is 2.19. The van der Waals surface area contributed by atoms with Gasteiger partial charge in [0, 0.05) is 12.0 Å². The summed E-state index contributed by atoms with van der Waals surface area (Å²) in [5, 5.41) is 0. The zero-order valence-electron chi connectivity index (χ0n) is 7.70. The summed E-state index contributed by atoms with van der Waals surface area (Å²) >= 11 is 0. The van der Waals surface area contributed by atoms with Crippen molar-refractivity contribution in [2.45, 2.75) is 32.7 Å². The first-order valence-corrected chi connectivity index (χ1v) is 5.73. The van der Waals surface area contributed by atoms with Gasteiger partial charge in [0.25, 0.3) is 0 Å². The highest BCUT2D eigenvalue weighted by molar-refractivity contribution is 7.88. The van der Waals surface area contributed by atoms with Crippen LogP contribution in [-0.2, 0) is 15.0 Å². The second kappa shape index (κ2) is 3.63. The van der Waals surface area contributed by atoms with Crippen LogP contribution in [0.25, 0.3) is 0 Å². The van der Waals surface area contributed by atoms with E-state index in [0.29, 0.717) is 0 Å². The smallest absolute Gasteiger partial charge is 0.274 e. The van der Waals surface area contributed by atoms with E-state index in [1.807, 2.05) is 4.72 Å². The van der Waals surface area contributed by atoms with Gasteiger partial charge in [0.1, 0.15) is 0 Å². The molecule has 0 aromatic heterocycles. The van der Waals surface area contributed by atoms with E-state index in [-0.39, 0.29) is 12.0 Å². The van der Waals surface area contributed by atoms with Crippen LogP contribution in [0.2, 0.25) is 0 Å². The van der Waals surface area contributed by atoms with E-state index in [2.05, 4.69) is 4.72 Å². The van der Waals surface area contributed by atoms with E-state index >= 15 is 0 Å². The van der Waals surface area contributed by atoms with Crippen LogP contribution in [0.15, 0.2) is 0 Å². The Labute approximate surface area is 78.1 Å². The Bertz CT molecular complexity index is 293. The van der Waals surface area contributed by atoms with E-state index in [9.17, 15) is 13.2 Å². The Morgan fingerprint density at radius 2 is 1.92 bits per heavy atom. The van der Waals surface area contributed by atoms with Gasteiger partial charge in [0.05, 0.1) is 0 Å². The molecule has 1 fully saturated rings. The third-order valence-electron chi connectivity index (χ3n) is 1.66. The molecule has 0 radical (unpaired) electrons. The van der Waals surface area contributed by atoms with Crippen molar-refractivity contribution in [3.8, 4) is 0 Å². The summed E-state index contributed by atoms with van der Waals surface area (Å²) in [7, 11) is -3.61. The molecular weight excluding hydrogens is 192 g/mol. The maximum atomic E-state index is 11.2. The first kappa shape index (κ1) is 10.5. The number of rotatable bonds is 4. The number of hydrogen-bond acceptors (Lipinski definition) is 3. The molecule has 0 spiro atoms. The molecule has 1 saturated carbocycles. The molecule has 76 valence electrons. The molecule has 0 atom stereocenters. The van der Waals surface area contributed by atoms with Crippen molar-refractivity contribution in [1.82, 2.24) is 9.44 Å². The Kier molecular flexibility index (Phi) is 2.92. The summed E-state index contributed by atoms with van der Waals surface area (Å²) in [6, 6.07) is 0.0254. The van der Waals surface area contributed by atoms with E-state index in [4.69, 9.17) is 0 Å². The normalized spacial score (nSPS) is 17.5. The van der Waals surface area contributed by atoms with Crippen LogP contribution < -0.4 is 9.44 Å². The molecule has 1 aliphatic carbocycles. The average Bonchev–Trinajstić information content (AvgIpc) is 2.69. The summed E-state index contributed by atoms with van der Waals surface area (Å²) in [6.45, 7) is 3.28. The van der Waals surface area contributed by atoms with Crippen molar-refractivity contribution in [1.29, 1.82) is 0 Å². The minimum atomic E-state index is -3.61. The molecule has 0 bridgehead atoms. The van der Waals surface area contributed by atoms with Crippen LogP contribution in [0.5, 0.6) is 0 Å². The van der Waals surface area contributed by atoms with Crippen LogP contribution in [0, 0.1) is 5.92 Å². The molecule has 0 saturated heterocycles. The molecule has 0 aromatic rings. The molecule has 1 amide bonds. The summed E-state index contributed by atoms with van der Waals surface area (Å²) in [5.41, 5.74) is 0. The minimum absolute atomic E-state index is 0.0254. The highest BCUT2D eigenvalue weighted by atomic mass is 32.2. The first-order chi connectivity index (χ1) is 5.91. The van der Waals surface area contributed by atoms with Crippen LogP contribution in [0.3, 0.4) is 0 Å². The van der Waals surface area contributed by atoms with Gasteiger partial charge in [0.15, 0.2) is 0 Å². The molecule has 0 unspecified atom stereocenters. The van der Waals surface area contributed by atoms with Gasteiger partial charge in [0.2, 0.25) is 5.91 Å².